The van der Waals surface area contributed by atoms with E-state index in [4.69, 9.17) is 16.3 Å². The van der Waals surface area contributed by atoms with Gasteiger partial charge < -0.3 is 4.74 Å². The molecule has 0 fully saturated rings. The first-order valence-corrected chi connectivity index (χ1v) is 9.06. The Morgan fingerprint density at radius 2 is 2.04 bits per heavy atom. The van der Waals surface area contributed by atoms with Crippen LogP contribution in [0.5, 0.6) is 5.75 Å². The van der Waals surface area contributed by atoms with E-state index < -0.39 is 5.91 Å². The second kappa shape index (κ2) is 6.98. The summed E-state index contributed by atoms with van der Waals surface area (Å²) in [4.78, 5) is 17.5. The number of hydrogen-bond acceptors (Lipinski definition) is 5. The van der Waals surface area contributed by atoms with E-state index in [2.05, 4.69) is 15.4 Å². The molecule has 0 unspecified atom stereocenters. The first-order valence-electron chi connectivity index (χ1n) is 7.80. The van der Waals surface area contributed by atoms with Gasteiger partial charge in [0.05, 0.1) is 18.4 Å². The Morgan fingerprint density at radius 3 is 2.78 bits per heavy atom. The molecule has 1 amide bonds. The lowest BCUT2D eigenvalue weighted by atomic mass is 10.2. The highest BCUT2D eigenvalue weighted by atomic mass is 35.5. The average Bonchev–Trinajstić information content (AvgIpc) is 3.22. The van der Waals surface area contributed by atoms with Crippen LogP contribution in [0.2, 0.25) is 5.02 Å². The summed E-state index contributed by atoms with van der Waals surface area (Å²) >= 11 is 7.34. The van der Waals surface area contributed by atoms with Crippen LogP contribution in [0.4, 0.5) is 10.3 Å². The van der Waals surface area contributed by atoms with Crippen molar-refractivity contribution in [1.82, 2.24) is 14.6 Å². The average molecular weight is 403 g/mol. The molecule has 4 rings (SSSR count). The molecule has 9 heteroatoms. The lowest BCUT2D eigenvalue weighted by molar-refractivity contribution is 0.102. The minimum absolute atomic E-state index is 0.150. The summed E-state index contributed by atoms with van der Waals surface area (Å²) in [5.74, 6) is -0.203. The van der Waals surface area contributed by atoms with Crippen molar-refractivity contribution in [3.05, 3.63) is 64.2 Å². The SMILES string of the molecule is COc1ccc(Cl)cc1C(=O)Nc1nc2scc(-c3ccc(F)cc3)n2n1. The summed E-state index contributed by atoms with van der Waals surface area (Å²) in [5.41, 5.74) is 1.83. The van der Waals surface area contributed by atoms with Gasteiger partial charge in [0.1, 0.15) is 11.6 Å². The molecule has 2 aromatic heterocycles. The highest BCUT2D eigenvalue weighted by molar-refractivity contribution is 7.15. The van der Waals surface area contributed by atoms with Gasteiger partial charge in [-0.15, -0.1) is 16.4 Å². The number of anilines is 1. The molecule has 1 N–H and O–H groups in total. The summed E-state index contributed by atoms with van der Waals surface area (Å²) in [6, 6.07) is 10.8. The summed E-state index contributed by atoms with van der Waals surface area (Å²) < 4.78 is 19.9. The summed E-state index contributed by atoms with van der Waals surface area (Å²) in [6.07, 6.45) is 0. The largest absolute Gasteiger partial charge is 0.496 e. The van der Waals surface area contributed by atoms with Crippen molar-refractivity contribution in [2.75, 3.05) is 12.4 Å². The van der Waals surface area contributed by atoms with Crippen LogP contribution in [0.15, 0.2) is 47.8 Å². The number of carbonyl (C=O) groups excluding carboxylic acids is 1. The molecule has 0 aliphatic rings. The van der Waals surface area contributed by atoms with Crippen molar-refractivity contribution in [3.63, 3.8) is 0 Å². The number of amides is 1. The second-order valence-corrected chi connectivity index (χ2v) is 6.83. The van der Waals surface area contributed by atoms with Gasteiger partial charge in [0.25, 0.3) is 11.9 Å². The first-order chi connectivity index (χ1) is 13.0. The van der Waals surface area contributed by atoms with Crippen molar-refractivity contribution in [3.8, 4) is 17.0 Å². The van der Waals surface area contributed by atoms with Gasteiger partial charge in [-0.2, -0.15) is 4.98 Å². The van der Waals surface area contributed by atoms with Crippen molar-refractivity contribution in [2.45, 2.75) is 0 Å². The third kappa shape index (κ3) is 3.36. The number of aromatic nitrogens is 3. The zero-order chi connectivity index (χ0) is 19.0. The highest BCUT2D eigenvalue weighted by Gasteiger charge is 2.17. The van der Waals surface area contributed by atoms with E-state index in [9.17, 15) is 9.18 Å². The van der Waals surface area contributed by atoms with Crippen molar-refractivity contribution in [1.29, 1.82) is 0 Å². The van der Waals surface area contributed by atoms with E-state index in [-0.39, 0.29) is 17.3 Å². The number of ether oxygens (including phenoxy) is 1. The van der Waals surface area contributed by atoms with E-state index in [0.29, 0.717) is 15.7 Å². The molecule has 0 spiro atoms. The normalized spacial score (nSPS) is 10.9. The van der Waals surface area contributed by atoms with E-state index in [1.165, 1.54) is 36.6 Å². The maximum atomic E-state index is 13.1. The zero-order valence-corrected chi connectivity index (χ0v) is 15.5. The molecule has 0 aliphatic heterocycles. The quantitative estimate of drug-likeness (QED) is 0.545. The van der Waals surface area contributed by atoms with Crippen molar-refractivity contribution in [2.24, 2.45) is 0 Å². The van der Waals surface area contributed by atoms with Crippen LogP contribution in [0.25, 0.3) is 16.2 Å². The Bertz CT molecular complexity index is 1140. The smallest absolute Gasteiger partial charge is 0.261 e. The van der Waals surface area contributed by atoms with Crippen LogP contribution >= 0.6 is 22.9 Å². The van der Waals surface area contributed by atoms with Gasteiger partial charge in [-0.25, -0.2) is 8.91 Å². The van der Waals surface area contributed by atoms with Gasteiger partial charge >= 0.3 is 0 Å². The van der Waals surface area contributed by atoms with Crippen LogP contribution in [0.1, 0.15) is 10.4 Å². The number of carbonyl (C=O) groups is 1. The van der Waals surface area contributed by atoms with Gasteiger partial charge in [-0.1, -0.05) is 11.6 Å². The molecule has 6 nitrogen and oxygen atoms in total. The van der Waals surface area contributed by atoms with E-state index >= 15 is 0 Å². The number of thiazole rings is 1. The number of nitrogens with zero attached hydrogens (tertiary/aromatic N) is 3. The van der Waals surface area contributed by atoms with E-state index in [1.54, 1.807) is 28.8 Å². The third-order valence-corrected chi connectivity index (χ3v) is 4.90. The number of fused-ring (bicyclic) bond motifs is 1. The molecule has 4 aromatic rings. The lowest BCUT2D eigenvalue weighted by Crippen LogP contribution is -2.14. The topological polar surface area (TPSA) is 68.5 Å². The highest BCUT2D eigenvalue weighted by Crippen LogP contribution is 2.27. The number of rotatable bonds is 4. The molecule has 0 saturated heterocycles. The molecule has 2 heterocycles. The number of benzene rings is 2. The van der Waals surface area contributed by atoms with Gasteiger partial charge in [-0.3, -0.25) is 10.1 Å². The van der Waals surface area contributed by atoms with Gasteiger partial charge in [-0.05, 0) is 42.5 Å². The monoisotopic (exact) mass is 402 g/mol. The maximum absolute atomic E-state index is 13.1. The summed E-state index contributed by atoms with van der Waals surface area (Å²) in [6.45, 7) is 0. The minimum Gasteiger partial charge on any atom is -0.496 e. The van der Waals surface area contributed by atoms with Crippen LogP contribution in [-0.4, -0.2) is 27.6 Å². The molecule has 0 radical (unpaired) electrons. The van der Waals surface area contributed by atoms with Crippen LogP contribution in [-0.2, 0) is 0 Å². The standard InChI is InChI=1S/C18H12ClFN4O2S/c1-26-15-7-4-11(19)8-13(15)16(25)21-17-22-18-24(23-17)14(9-27-18)10-2-5-12(20)6-3-10/h2-9H,1H3,(H,21,23,25). The van der Waals surface area contributed by atoms with Gasteiger partial charge in [0.15, 0.2) is 0 Å². The Morgan fingerprint density at radius 1 is 1.26 bits per heavy atom. The lowest BCUT2D eigenvalue weighted by Gasteiger charge is -2.07. The van der Waals surface area contributed by atoms with Crippen molar-refractivity contribution < 1.29 is 13.9 Å². The Hall–Kier alpha value is -2.97. The minimum atomic E-state index is -0.434. The molecule has 0 aliphatic carbocycles. The van der Waals surface area contributed by atoms with Crippen LogP contribution in [0.3, 0.4) is 0 Å². The first kappa shape index (κ1) is 17.4. The molecular formula is C18H12ClFN4O2S. The number of methoxy groups -OCH3 is 1. The van der Waals surface area contributed by atoms with Gasteiger partial charge in [0, 0.05) is 16.0 Å². The third-order valence-electron chi connectivity index (χ3n) is 3.85. The Kier molecular flexibility index (Phi) is 4.51. The number of nitrogens with one attached hydrogen (secondary N) is 1. The predicted molar refractivity (Wildman–Crippen MR) is 102 cm³/mol. The zero-order valence-electron chi connectivity index (χ0n) is 13.9. The fourth-order valence-electron chi connectivity index (χ4n) is 2.58. The molecule has 27 heavy (non-hydrogen) atoms. The fraction of sp³-hybridized carbons (Fsp3) is 0.0556. The summed E-state index contributed by atoms with van der Waals surface area (Å²) in [7, 11) is 1.47. The van der Waals surface area contributed by atoms with E-state index in [1.807, 2.05) is 5.38 Å². The Labute approximate surface area is 162 Å². The molecule has 0 bridgehead atoms. The predicted octanol–water partition coefficient (Wildman–Crippen LogP) is 4.51. The molecule has 136 valence electrons. The molecule has 0 saturated carbocycles. The number of hydrogen-bond donors (Lipinski definition) is 1. The molecule has 2 aromatic carbocycles. The van der Waals surface area contributed by atoms with Gasteiger partial charge in [0.2, 0.25) is 4.96 Å². The van der Waals surface area contributed by atoms with Crippen molar-refractivity contribution >= 4 is 39.8 Å². The molecular weight excluding hydrogens is 391 g/mol. The number of halogens is 2. The second-order valence-electron chi connectivity index (χ2n) is 5.56. The van der Waals surface area contributed by atoms with E-state index in [0.717, 1.165) is 11.3 Å². The van der Waals surface area contributed by atoms with Crippen LogP contribution < -0.4 is 10.1 Å². The molecule has 0 atom stereocenters. The van der Waals surface area contributed by atoms with Crippen LogP contribution in [0, 0.1) is 5.82 Å². The Balaban J connectivity index is 1.65. The fourth-order valence-corrected chi connectivity index (χ4v) is 3.58. The summed E-state index contributed by atoms with van der Waals surface area (Å²) in [5, 5.41) is 9.27. The maximum Gasteiger partial charge on any atom is 0.261 e.